The molecule has 3 aromatic carbocycles. The van der Waals surface area contributed by atoms with Gasteiger partial charge in [-0.15, -0.1) is 0 Å². The number of nitrogens with zero attached hydrogens (tertiary/aromatic N) is 2. The minimum Gasteiger partial charge on any atom is -0.354 e. The molecule has 3 aromatic rings. The third-order valence-corrected chi connectivity index (χ3v) is 8.18. The van der Waals surface area contributed by atoms with Crippen LogP contribution in [0.15, 0.2) is 83.8 Å². The second-order valence-electron chi connectivity index (χ2n) is 9.28. The van der Waals surface area contributed by atoms with Gasteiger partial charge in [0.15, 0.2) is 0 Å². The largest absolute Gasteiger partial charge is 0.354 e. The number of benzene rings is 3. The van der Waals surface area contributed by atoms with E-state index < -0.39 is 28.5 Å². The number of nitrogens with one attached hydrogen (secondary N) is 1. The molecule has 0 radical (unpaired) electrons. The van der Waals surface area contributed by atoms with Crippen LogP contribution in [0.25, 0.3) is 0 Å². The zero-order valence-electron chi connectivity index (χ0n) is 22.6. The number of hydrogen-bond donors (Lipinski definition) is 1. The van der Waals surface area contributed by atoms with Crippen LogP contribution in [-0.4, -0.2) is 44.3 Å². The van der Waals surface area contributed by atoms with Crippen LogP contribution in [0.4, 0.5) is 5.69 Å². The number of para-hydroxylation sites is 1. The Labute approximate surface area is 226 Å². The summed E-state index contributed by atoms with van der Waals surface area (Å²) >= 11 is 0. The Morgan fingerprint density at radius 3 is 2.26 bits per heavy atom. The Morgan fingerprint density at radius 2 is 1.61 bits per heavy atom. The first-order chi connectivity index (χ1) is 18.2. The summed E-state index contributed by atoms with van der Waals surface area (Å²) in [7, 11) is -4.07. The summed E-state index contributed by atoms with van der Waals surface area (Å²) < 4.78 is 28.9. The van der Waals surface area contributed by atoms with Crippen molar-refractivity contribution in [2.45, 2.75) is 58.0 Å². The van der Waals surface area contributed by atoms with E-state index in [1.165, 1.54) is 21.3 Å². The number of carbonyl (C=O) groups is 2. The Morgan fingerprint density at radius 1 is 0.921 bits per heavy atom. The quantitative estimate of drug-likeness (QED) is 0.364. The highest BCUT2D eigenvalue weighted by Crippen LogP contribution is 2.28. The Bertz CT molecular complexity index is 1340. The van der Waals surface area contributed by atoms with Gasteiger partial charge in [-0.3, -0.25) is 13.9 Å². The Balaban J connectivity index is 2.04. The van der Waals surface area contributed by atoms with Crippen LogP contribution >= 0.6 is 0 Å². The van der Waals surface area contributed by atoms with Crippen LogP contribution < -0.4 is 9.62 Å². The van der Waals surface area contributed by atoms with E-state index in [1.807, 2.05) is 57.2 Å². The fourth-order valence-corrected chi connectivity index (χ4v) is 5.74. The molecule has 3 rings (SSSR count). The lowest BCUT2D eigenvalue weighted by Gasteiger charge is -2.32. The first kappa shape index (κ1) is 28.9. The summed E-state index contributed by atoms with van der Waals surface area (Å²) in [4.78, 5) is 28.5. The third kappa shape index (κ3) is 7.01. The predicted octanol–water partition coefficient (Wildman–Crippen LogP) is 4.70. The highest BCUT2D eigenvalue weighted by molar-refractivity contribution is 7.92. The van der Waals surface area contributed by atoms with Gasteiger partial charge in [-0.05, 0) is 56.0 Å². The van der Waals surface area contributed by atoms with Crippen molar-refractivity contribution in [3.05, 3.63) is 95.6 Å². The predicted molar refractivity (Wildman–Crippen MR) is 151 cm³/mol. The lowest BCUT2D eigenvalue weighted by molar-refractivity contribution is -0.139. The molecule has 0 aliphatic rings. The van der Waals surface area contributed by atoms with Gasteiger partial charge in [0.1, 0.15) is 12.6 Å². The maximum atomic E-state index is 14.0. The van der Waals surface area contributed by atoms with Crippen molar-refractivity contribution in [2.24, 2.45) is 0 Å². The van der Waals surface area contributed by atoms with Gasteiger partial charge in [0.05, 0.1) is 10.6 Å². The second-order valence-corrected chi connectivity index (χ2v) is 11.1. The summed E-state index contributed by atoms with van der Waals surface area (Å²) in [6, 6.07) is 22.2. The van der Waals surface area contributed by atoms with Crippen LogP contribution in [0.1, 0.15) is 43.9 Å². The molecular formula is C30H37N3O4S. The highest BCUT2D eigenvalue weighted by atomic mass is 32.2. The minimum absolute atomic E-state index is 0.0951. The van der Waals surface area contributed by atoms with E-state index in [2.05, 4.69) is 5.32 Å². The monoisotopic (exact) mass is 535 g/mol. The van der Waals surface area contributed by atoms with E-state index in [0.29, 0.717) is 18.7 Å². The summed E-state index contributed by atoms with van der Waals surface area (Å²) in [6.07, 6.45) is 1.36. The number of carbonyl (C=O) groups excluding carboxylic acids is 2. The lowest BCUT2D eigenvalue weighted by Crippen LogP contribution is -2.51. The molecule has 0 aromatic heterocycles. The van der Waals surface area contributed by atoms with Crippen LogP contribution in [-0.2, 0) is 32.6 Å². The van der Waals surface area contributed by atoms with Crippen molar-refractivity contribution in [1.29, 1.82) is 0 Å². The Hall–Kier alpha value is -3.65. The van der Waals surface area contributed by atoms with Crippen molar-refractivity contribution in [3.63, 3.8) is 0 Å². The van der Waals surface area contributed by atoms with Crippen LogP contribution in [0.5, 0.6) is 0 Å². The molecule has 1 N–H and O–H groups in total. The molecule has 2 amide bonds. The fourth-order valence-electron chi connectivity index (χ4n) is 4.27. The maximum Gasteiger partial charge on any atom is 0.264 e. The molecule has 1 atom stereocenters. The molecule has 0 fully saturated rings. The summed E-state index contributed by atoms with van der Waals surface area (Å²) in [5, 5.41) is 2.86. The molecule has 202 valence electrons. The Kier molecular flexibility index (Phi) is 10.1. The molecule has 1 unspecified atom stereocenters. The van der Waals surface area contributed by atoms with Gasteiger partial charge in [-0.2, -0.15) is 0 Å². The van der Waals surface area contributed by atoms with Gasteiger partial charge in [-0.1, -0.05) is 80.1 Å². The molecular weight excluding hydrogens is 498 g/mol. The summed E-state index contributed by atoms with van der Waals surface area (Å²) in [5.74, 6) is -0.740. The van der Waals surface area contributed by atoms with Crippen molar-refractivity contribution >= 4 is 27.5 Å². The average molecular weight is 536 g/mol. The van der Waals surface area contributed by atoms with E-state index in [-0.39, 0.29) is 17.3 Å². The van der Waals surface area contributed by atoms with Crippen LogP contribution in [0, 0.1) is 6.92 Å². The van der Waals surface area contributed by atoms with Crippen molar-refractivity contribution in [1.82, 2.24) is 10.2 Å². The topological polar surface area (TPSA) is 86.8 Å². The van der Waals surface area contributed by atoms with E-state index in [9.17, 15) is 18.0 Å². The number of hydrogen-bond acceptors (Lipinski definition) is 4. The van der Waals surface area contributed by atoms with Crippen molar-refractivity contribution < 1.29 is 18.0 Å². The van der Waals surface area contributed by atoms with Gasteiger partial charge in [-0.25, -0.2) is 8.42 Å². The SMILES string of the molecule is CCCNC(=O)C(C)N(Cc1cccc(C)c1)C(=O)CN(c1ccccc1CC)S(=O)(=O)c1ccccc1. The van der Waals surface area contributed by atoms with E-state index in [1.54, 1.807) is 37.3 Å². The van der Waals surface area contributed by atoms with Gasteiger partial charge in [0, 0.05) is 13.1 Å². The zero-order valence-corrected chi connectivity index (χ0v) is 23.4. The highest BCUT2D eigenvalue weighted by Gasteiger charge is 2.33. The number of aryl methyl sites for hydroxylation is 2. The molecule has 0 saturated carbocycles. The molecule has 7 nitrogen and oxygen atoms in total. The number of rotatable bonds is 12. The van der Waals surface area contributed by atoms with E-state index in [4.69, 9.17) is 0 Å². The molecule has 8 heteroatoms. The maximum absolute atomic E-state index is 14.0. The van der Waals surface area contributed by atoms with Gasteiger partial charge < -0.3 is 10.2 Å². The molecule has 0 heterocycles. The van der Waals surface area contributed by atoms with Gasteiger partial charge in [0.25, 0.3) is 10.0 Å². The molecule has 0 saturated heterocycles. The van der Waals surface area contributed by atoms with Crippen molar-refractivity contribution in [2.75, 3.05) is 17.4 Å². The van der Waals surface area contributed by atoms with Crippen molar-refractivity contribution in [3.8, 4) is 0 Å². The van der Waals surface area contributed by atoms with Gasteiger partial charge in [0.2, 0.25) is 11.8 Å². The average Bonchev–Trinajstić information content (AvgIpc) is 2.93. The number of amides is 2. The normalized spacial score (nSPS) is 12.0. The number of sulfonamides is 1. The fraction of sp³-hybridized carbons (Fsp3) is 0.333. The first-order valence-corrected chi connectivity index (χ1v) is 14.4. The zero-order chi connectivity index (χ0) is 27.7. The lowest BCUT2D eigenvalue weighted by atomic mass is 10.1. The molecule has 0 bridgehead atoms. The summed E-state index contributed by atoms with van der Waals surface area (Å²) in [5.41, 5.74) is 3.15. The number of anilines is 1. The standard InChI is InChI=1S/C30H37N3O4S/c1-5-19-31-30(35)24(4)32(21-25-14-12-13-23(3)20-25)29(34)22-33(28-18-11-10-15-26(28)6-2)38(36,37)27-16-8-7-9-17-27/h7-18,20,24H,5-6,19,21-22H2,1-4H3,(H,31,35). The summed E-state index contributed by atoms with van der Waals surface area (Å²) in [6.45, 7) is 7.77. The van der Waals surface area contributed by atoms with E-state index >= 15 is 0 Å². The third-order valence-electron chi connectivity index (χ3n) is 6.40. The smallest absolute Gasteiger partial charge is 0.264 e. The van der Waals surface area contributed by atoms with Gasteiger partial charge >= 0.3 is 0 Å². The molecule has 38 heavy (non-hydrogen) atoms. The van der Waals surface area contributed by atoms with Crippen LogP contribution in [0.2, 0.25) is 0 Å². The molecule has 0 spiro atoms. The van der Waals surface area contributed by atoms with E-state index in [0.717, 1.165) is 23.1 Å². The second kappa shape index (κ2) is 13.2. The van der Waals surface area contributed by atoms with Crippen LogP contribution in [0.3, 0.4) is 0 Å². The minimum atomic E-state index is -4.07. The molecule has 0 aliphatic carbocycles. The molecule has 0 aliphatic heterocycles. The first-order valence-electron chi connectivity index (χ1n) is 13.0.